The molecule has 2 aliphatic carbocycles. The van der Waals surface area contributed by atoms with Crippen LogP contribution in [-0.4, -0.2) is 25.1 Å². The summed E-state index contributed by atoms with van der Waals surface area (Å²) >= 11 is 0. The molecule has 2 N–H and O–H groups in total. The molecule has 1 aromatic carbocycles. The molecule has 0 unspecified atom stereocenters. The number of halogens is 2. The largest absolute Gasteiger partial charge is 0.397 e. The number of hydrogen-bond acceptors (Lipinski definition) is 6. The van der Waals surface area contributed by atoms with Crippen LogP contribution in [0, 0.1) is 17.0 Å². The van der Waals surface area contributed by atoms with E-state index in [1.54, 1.807) is 18.5 Å². The monoisotopic (exact) mass is 482 g/mol. The van der Waals surface area contributed by atoms with Gasteiger partial charge in [0.1, 0.15) is 11.6 Å². The van der Waals surface area contributed by atoms with Crippen molar-refractivity contribution in [3.63, 3.8) is 0 Å². The summed E-state index contributed by atoms with van der Waals surface area (Å²) < 4.78 is 29.0. The van der Waals surface area contributed by atoms with Crippen molar-refractivity contribution >= 4 is 5.70 Å². The van der Waals surface area contributed by atoms with Crippen molar-refractivity contribution in [1.29, 1.82) is 0 Å². The molecule has 2 atom stereocenters. The minimum Gasteiger partial charge on any atom is -0.397 e. The molecule has 180 valence electrons. The molecule has 2 aliphatic rings. The summed E-state index contributed by atoms with van der Waals surface area (Å²) in [6.07, 6.45) is 5.20. The van der Waals surface area contributed by atoms with Gasteiger partial charge in [0.15, 0.2) is 5.82 Å². The van der Waals surface area contributed by atoms with Gasteiger partial charge in [-0.15, -0.1) is 5.10 Å². The van der Waals surface area contributed by atoms with Gasteiger partial charge in [-0.2, -0.15) is 5.10 Å². The van der Waals surface area contributed by atoms with E-state index in [2.05, 4.69) is 40.6 Å². The van der Waals surface area contributed by atoms with Crippen molar-refractivity contribution in [2.24, 2.45) is 11.1 Å². The molecule has 0 aliphatic heterocycles. The summed E-state index contributed by atoms with van der Waals surface area (Å²) in [6, 6.07) is 11.2. The number of aromatic nitrogens is 5. The molecule has 2 bridgehead atoms. The third kappa shape index (κ3) is 2.96. The average molecular weight is 483 g/mol. The fraction of sp³-hybridized carbons (Fsp3) is 0.250. The van der Waals surface area contributed by atoms with E-state index in [1.807, 2.05) is 18.2 Å². The Morgan fingerprint density at radius 1 is 1.06 bits per heavy atom. The molecular formula is C28H24F2N6. The maximum absolute atomic E-state index is 14.5. The highest BCUT2D eigenvalue weighted by Gasteiger charge is 2.65. The van der Waals surface area contributed by atoms with Gasteiger partial charge in [-0.3, -0.25) is 4.98 Å². The topological polar surface area (TPSA) is 90.5 Å². The Balaban J connectivity index is 1.48. The second kappa shape index (κ2) is 7.71. The van der Waals surface area contributed by atoms with Gasteiger partial charge in [-0.05, 0) is 66.1 Å². The summed E-state index contributed by atoms with van der Waals surface area (Å²) in [6.45, 7) is 8.14. The van der Waals surface area contributed by atoms with E-state index in [1.165, 1.54) is 18.2 Å². The van der Waals surface area contributed by atoms with E-state index in [4.69, 9.17) is 10.7 Å². The van der Waals surface area contributed by atoms with Gasteiger partial charge in [0.2, 0.25) is 0 Å². The first-order valence-corrected chi connectivity index (χ1v) is 11.8. The van der Waals surface area contributed by atoms with Gasteiger partial charge < -0.3 is 5.73 Å². The first-order chi connectivity index (χ1) is 17.2. The molecule has 6 nitrogen and oxygen atoms in total. The lowest BCUT2D eigenvalue weighted by Gasteiger charge is -2.37. The molecule has 1 saturated carbocycles. The van der Waals surface area contributed by atoms with Crippen LogP contribution in [0.25, 0.3) is 28.3 Å². The van der Waals surface area contributed by atoms with Crippen LogP contribution < -0.4 is 5.73 Å². The zero-order chi connectivity index (χ0) is 25.2. The van der Waals surface area contributed by atoms with Gasteiger partial charge in [-0.1, -0.05) is 26.5 Å². The van der Waals surface area contributed by atoms with Crippen molar-refractivity contribution in [1.82, 2.24) is 25.1 Å². The SMILES string of the molecule is C=C(N)c1ccc(-c2nccc([C@@]34CC[C@@H](c5cc(-c6c(F)cccc6F)nnc53)C4(C)C)n2)cn1. The van der Waals surface area contributed by atoms with E-state index in [-0.39, 0.29) is 22.6 Å². The summed E-state index contributed by atoms with van der Waals surface area (Å²) in [5, 5.41) is 8.90. The summed E-state index contributed by atoms with van der Waals surface area (Å²) in [5.41, 5.74) is 9.49. The lowest BCUT2D eigenvalue weighted by molar-refractivity contribution is 0.243. The van der Waals surface area contributed by atoms with Crippen LogP contribution in [-0.2, 0) is 5.41 Å². The molecule has 3 heterocycles. The van der Waals surface area contributed by atoms with Crippen LogP contribution in [0.5, 0.6) is 0 Å². The highest BCUT2D eigenvalue weighted by Crippen LogP contribution is 2.69. The van der Waals surface area contributed by atoms with Gasteiger partial charge in [0.25, 0.3) is 0 Å². The minimum absolute atomic E-state index is 0.150. The predicted octanol–water partition coefficient (Wildman–Crippen LogP) is 5.41. The van der Waals surface area contributed by atoms with Crippen molar-refractivity contribution in [3.05, 3.63) is 95.7 Å². The van der Waals surface area contributed by atoms with Crippen LogP contribution in [0.15, 0.2) is 61.4 Å². The Kier molecular flexibility index (Phi) is 4.80. The van der Waals surface area contributed by atoms with Gasteiger partial charge in [-0.25, -0.2) is 18.7 Å². The Bertz CT molecular complexity index is 1510. The maximum atomic E-state index is 14.5. The van der Waals surface area contributed by atoms with Crippen LogP contribution in [0.2, 0.25) is 0 Å². The molecule has 36 heavy (non-hydrogen) atoms. The lowest BCUT2D eigenvalue weighted by atomic mass is 9.66. The second-order valence-electron chi connectivity index (χ2n) is 10.1. The van der Waals surface area contributed by atoms with E-state index in [0.29, 0.717) is 17.2 Å². The Hall–Kier alpha value is -4.07. The second-order valence-corrected chi connectivity index (χ2v) is 10.1. The Morgan fingerprint density at radius 2 is 1.83 bits per heavy atom. The number of pyridine rings is 1. The predicted molar refractivity (Wildman–Crippen MR) is 132 cm³/mol. The maximum Gasteiger partial charge on any atom is 0.160 e. The average Bonchev–Trinajstić information content (AvgIpc) is 3.25. The number of nitrogens with two attached hydrogens (primary N) is 1. The zero-order valence-corrected chi connectivity index (χ0v) is 20.0. The zero-order valence-electron chi connectivity index (χ0n) is 20.0. The Labute approximate surface area is 207 Å². The molecule has 8 heteroatoms. The van der Waals surface area contributed by atoms with E-state index < -0.39 is 17.0 Å². The number of fused-ring (bicyclic) bond motifs is 5. The molecule has 6 rings (SSSR count). The molecule has 0 radical (unpaired) electrons. The summed E-state index contributed by atoms with van der Waals surface area (Å²) in [4.78, 5) is 13.8. The van der Waals surface area contributed by atoms with Crippen LogP contribution in [0.1, 0.15) is 55.3 Å². The quantitative estimate of drug-likeness (QED) is 0.419. The first kappa shape index (κ1) is 22.4. The lowest BCUT2D eigenvalue weighted by Crippen LogP contribution is -2.38. The van der Waals surface area contributed by atoms with Crippen LogP contribution in [0.4, 0.5) is 8.78 Å². The Morgan fingerprint density at radius 3 is 2.53 bits per heavy atom. The third-order valence-electron chi connectivity index (χ3n) is 8.04. The number of nitrogens with zero attached hydrogens (tertiary/aromatic N) is 5. The van der Waals surface area contributed by atoms with E-state index in [9.17, 15) is 8.78 Å². The number of rotatable bonds is 4. The molecule has 0 saturated heterocycles. The summed E-state index contributed by atoms with van der Waals surface area (Å²) in [7, 11) is 0. The number of hydrogen-bond donors (Lipinski definition) is 1. The molecule has 0 amide bonds. The number of benzene rings is 1. The highest BCUT2D eigenvalue weighted by molar-refractivity contribution is 5.65. The first-order valence-electron chi connectivity index (χ1n) is 11.8. The van der Waals surface area contributed by atoms with Crippen molar-refractivity contribution < 1.29 is 8.78 Å². The van der Waals surface area contributed by atoms with Crippen LogP contribution in [0.3, 0.4) is 0 Å². The minimum atomic E-state index is -0.653. The van der Waals surface area contributed by atoms with Crippen molar-refractivity contribution in [2.45, 2.75) is 38.0 Å². The molecule has 1 fully saturated rings. The summed E-state index contributed by atoms with van der Waals surface area (Å²) in [5.74, 6) is -0.597. The fourth-order valence-electron chi connectivity index (χ4n) is 6.21. The smallest absolute Gasteiger partial charge is 0.160 e. The standard InChI is InChI=1S/C28H24F2N6/c1-15(31)21-8-7-16(14-33-21)26-32-12-10-23(34-26)28-11-9-18(27(28,2)3)17-13-22(35-36-25(17)28)24-19(29)5-4-6-20(24)30/h4-8,10,12-14,18H,1,9,11,31H2,2-3H3/t18-,28-/m0/s1. The highest BCUT2D eigenvalue weighted by atomic mass is 19.1. The van der Waals surface area contributed by atoms with Gasteiger partial charge in [0, 0.05) is 18.0 Å². The van der Waals surface area contributed by atoms with Gasteiger partial charge in [0.05, 0.1) is 39.5 Å². The fourth-order valence-corrected chi connectivity index (χ4v) is 6.21. The molecule has 3 aromatic heterocycles. The third-order valence-corrected chi connectivity index (χ3v) is 8.04. The normalized spacial score (nSPS) is 21.4. The molecule has 0 spiro atoms. The van der Waals surface area contributed by atoms with Crippen LogP contribution >= 0.6 is 0 Å². The van der Waals surface area contributed by atoms with Gasteiger partial charge >= 0.3 is 0 Å². The molecular weight excluding hydrogens is 458 g/mol. The van der Waals surface area contributed by atoms with E-state index >= 15 is 0 Å². The van der Waals surface area contributed by atoms with Crippen molar-refractivity contribution in [2.75, 3.05) is 0 Å². The van der Waals surface area contributed by atoms with E-state index in [0.717, 1.165) is 35.4 Å². The molecule has 4 aromatic rings. The van der Waals surface area contributed by atoms with Crippen molar-refractivity contribution in [3.8, 4) is 22.6 Å².